The molecule has 1 aliphatic rings. The molecule has 0 atom stereocenters. The summed E-state index contributed by atoms with van der Waals surface area (Å²) in [5, 5.41) is 6.87. The number of guanidine groups is 1. The van der Waals surface area contributed by atoms with Gasteiger partial charge in [-0.05, 0) is 38.9 Å². The minimum absolute atomic E-state index is 0. The molecular weight excluding hydrogens is 475 g/mol. The molecule has 29 heavy (non-hydrogen) atoms. The van der Waals surface area contributed by atoms with Crippen LogP contribution in [0.4, 0.5) is 5.69 Å². The molecular formula is C22H41IN6. The number of halogens is 1. The van der Waals surface area contributed by atoms with Crippen LogP contribution in [0.5, 0.6) is 0 Å². The second-order valence-electron chi connectivity index (χ2n) is 7.23. The summed E-state index contributed by atoms with van der Waals surface area (Å²) in [6.07, 6.45) is 1.05. The van der Waals surface area contributed by atoms with E-state index in [4.69, 9.17) is 4.99 Å². The number of para-hydroxylation sites is 1. The van der Waals surface area contributed by atoms with Gasteiger partial charge in [-0.3, -0.25) is 9.89 Å². The first-order valence-corrected chi connectivity index (χ1v) is 11.0. The van der Waals surface area contributed by atoms with E-state index in [-0.39, 0.29) is 24.0 Å². The van der Waals surface area contributed by atoms with Crippen molar-refractivity contribution in [2.45, 2.75) is 27.2 Å². The van der Waals surface area contributed by atoms with Crippen LogP contribution in [0, 0.1) is 0 Å². The molecule has 1 heterocycles. The minimum Gasteiger partial charge on any atom is -0.372 e. The van der Waals surface area contributed by atoms with Gasteiger partial charge in [-0.25, -0.2) is 0 Å². The van der Waals surface area contributed by atoms with Crippen LogP contribution < -0.4 is 15.5 Å². The van der Waals surface area contributed by atoms with E-state index < -0.39 is 0 Å². The predicted molar refractivity (Wildman–Crippen MR) is 137 cm³/mol. The van der Waals surface area contributed by atoms with Crippen molar-refractivity contribution in [3.8, 4) is 0 Å². The van der Waals surface area contributed by atoms with Crippen LogP contribution in [0.3, 0.4) is 0 Å². The highest BCUT2D eigenvalue weighted by Crippen LogP contribution is 2.12. The number of likely N-dealkylation sites (N-methyl/N-ethyl adjacent to an activating group) is 1. The number of nitrogens with one attached hydrogen (secondary N) is 2. The molecule has 1 saturated heterocycles. The third-order valence-electron chi connectivity index (χ3n) is 5.34. The number of benzene rings is 1. The van der Waals surface area contributed by atoms with Crippen molar-refractivity contribution in [3.05, 3.63) is 30.3 Å². The van der Waals surface area contributed by atoms with Gasteiger partial charge in [0.15, 0.2) is 5.96 Å². The molecule has 0 spiro atoms. The van der Waals surface area contributed by atoms with Crippen molar-refractivity contribution < 1.29 is 0 Å². The maximum absolute atomic E-state index is 4.76. The van der Waals surface area contributed by atoms with Gasteiger partial charge in [-0.2, -0.15) is 0 Å². The van der Waals surface area contributed by atoms with E-state index in [1.165, 1.54) is 38.4 Å². The molecule has 1 aromatic rings. The fraction of sp³-hybridized carbons (Fsp3) is 0.682. The Morgan fingerprint density at radius 2 is 1.69 bits per heavy atom. The quantitative estimate of drug-likeness (QED) is 0.205. The molecule has 6 nitrogen and oxygen atoms in total. The second kappa shape index (κ2) is 15.7. The summed E-state index contributed by atoms with van der Waals surface area (Å²) in [7, 11) is 0. The van der Waals surface area contributed by atoms with Crippen LogP contribution >= 0.6 is 24.0 Å². The Labute approximate surface area is 195 Å². The molecule has 0 aromatic heterocycles. The van der Waals surface area contributed by atoms with E-state index >= 15 is 0 Å². The molecule has 2 N–H and O–H groups in total. The fourth-order valence-corrected chi connectivity index (χ4v) is 3.56. The number of piperazine rings is 1. The molecule has 2 rings (SSSR count). The van der Waals surface area contributed by atoms with Crippen LogP contribution in [-0.4, -0.2) is 87.8 Å². The SMILES string of the molecule is CCNC(=NCCCN(CC)c1ccccc1)NCCN1CCN(CC)CC1.I. The number of hydrogen-bond donors (Lipinski definition) is 2. The van der Waals surface area contributed by atoms with Crippen LogP contribution in [0.1, 0.15) is 27.2 Å². The summed E-state index contributed by atoms with van der Waals surface area (Å²) in [6, 6.07) is 10.6. The van der Waals surface area contributed by atoms with Gasteiger partial charge in [0.25, 0.3) is 0 Å². The molecule has 0 amide bonds. The van der Waals surface area contributed by atoms with E-state index in [2.05, 4.69) is 76.4 Å². The summed E-state index contributed by atoms with van der Waals surface area (Å²) < 4.78 is 0. The summed E-state index contributed by atoms with van der Waals surface area (Å²) in [5.41, 5.74) is 1.29. The van der Waals surface area contributed by atoms with Crippen molar-refractivity contribution >= 4 is 35.6 Å². The summed E-state index contributed by atoms with van der Waals surface area (Å²) in [5.74, 6) is 0.942. The first kappa shape index (κ1) is 26.0. The van der Waals surface area contributed by atoms with E-state index in [0.29, 0.717) is 0 Å². The average Bonchev–Trinajstić information content (AvgIpc) is 2.75. The molecule has 1 aliphatic heterocycles. The van der Waals surface area contributed by atoms with E-state index in [1.807, 2.05) is 0 Å². The topological polar surface area (TPSA) is 46.1 Å². The van der Waals surface area contributed by atoms with Gasteiger partial charge in [-0.1, -0.05) is 25.1 Å². The zero-order valence-electron chi connectivity index (χ0n) is 18.6. The van der Waals surface area contributed by atoms with E-state index in [1.54, 1.807) is 0 Å². The molecule has 1 aromatic carbocycles. The number of anilines is 1. The molecule has 0 unspecified atom stereocenters. The lowest BCUT2D eigenvalue weighted by atomic mass is 10.2. The monoisotopic (exact) mass is 516 g/mol. The number of hydrogen-bond acceptors (Lipinski definition) is 4. The van der Waals surface area contributed by atoms with Gasteiger partial charge in [0.2, 0.25) is 0 Å². The summed E-state index contributed by atoms with van der Waals surface area (Å²) in [6.45, 7) is 18.3. The lowest BCUT2D eigenvalue weighted by molar-refractivity contribution is 0.139. The Bertz CT molecular complexity index is 545. The van der Waals surface area contributed by atoms with Gasteiger partial charge < -0.3 is 20.4 Å². The first-order valence-electron chi connectivity index (χ1n) is 11.0. The molecule has 7 heteroatoms. The first-order chi connectivity index (χ1) is 13.8. The molecule has 1 fully saturated rings. The van der Waals surface area contributed by atoms with E-state index in [0.717, 1.165) is 51.6 Å². The van der Waals surface area contributed by atoms with Crippen molar-refractivity contribution in [2.24, 2.45) is 4.99 Å². The molecule has 166 valence electrons. The zero-order chi connectivity index (χ0) is 20.0. The average molecular weight is 517 g/mol. The van der Waals surface area contributed by atoms with Crippen LogP contribution in [-0.2, 0) is 0 Å². The van der Waals surface area contributed by atoms with Crippen molar-refractivity contribution in [2.75, 3.05) is 76.9 Å². The predicted octanol–water partition coefficient (Wildman–Crippen LogP) is 2.71. The Morgan fingerprint density at radius 1 is 1.00 bits per heavy atom. The fourth-order valence-electron chi connectivity index (χ4n) is 3.56. The Kier molecular flexibility index (Phi) is 14.1. The number of aliphatic imine (C=N–C) groups is 1. The Balaban J connectivity index is 0.00000420. The highest BCUT2D eigenvalue weighted by molar-refractivity contribution is 14.0. The summed E-state index contributed by atoms with van der Waals surface area (Å²) >= 11 is 0. The van der Waals surface area contributed by atoms with Gasteiger partial charge in [0.1, 0.15) is 0 Å². The van der Waals surface area contributed by atoms with E-state index in [9.17, 15) is 0 Å². The van der Waals surface area contributed by atoms with Crippen molar-refractivity contribution in [3.63, 3.8) is 0 Å². The van der Waals surface area contributed by atoms with Gasteiger partial charge in [-0.15, -0.1) is 24.0 Å². The van der Waals surface area contributed by atoms with Crippen LogP contribution in [0.2, 0.25) is 0 Å². The molecule has 0 saturated carbocycles. The number of nitrogens with zero attached hydrogens (tertiary/aromatic N) is 4. The third kappa shape index (κ3) is 10.00. The van der Waals surface area contributed by atoms with Gasteiger partial charge in [0, 0.05) is 71.1 Å². The van der Waals surface area contributed by atoms with Gasteiger partial charge >= 0.3 is 0 Å². The zero-order valence-corrected chi connectivity index (χ0v) is 20.9. The molecule has 0 bridgehead atoms. The second-order valence-corrected chi connectivity index (χ2v) is 7.23. The minimum atomic E-state index is 0. The lowest BCUT2D eigenvalue weighted by Gasteiger charge is -2.34. The highest BCUT2D eigenvalue weighted by Gasteiger charge is 2.14. The Morgan fingerprint density at radius 3 is 2.31 bits per heavy atom. The van der Waals surface area contributed by atoms with Crippen molar-refractivity contribution in [1.82, 2.24) is 20.4 Å². The van der Waals surface area contributed by atoms with Crippen LogP contribution in [0.15, 0.2) is 35.3 Å². The van der Waals surface area contributed by atoms with Crippen molar-refractivity contribution in [1.29, 1.82) is 0 Å². The van der Waals surface area contributed by atoms with Crippen LogP contribution in [0.25, 0.3) is 0 Å². The van der Waals surface area contributed by atoms with Gasteiger partial charge in [0.05, 0.1) is 0 Å². The summed E-state index contributed by atoms with van der Waals surface area (Å²) in [4.78, 5) is 12.2. The smallest absolute Gasteiger partial charge is 0.191 e. The normalized spacial score (nSPS) is 15.6. The molecule has 0 radical (unpaired) electrons. The highest BCUT2D eigenvalue weighted by atomic mass is 127. The Hall–Kier alpha value is -1.06. The standard InChI is InChI=1S/C22H40N6.HI/c1-4-23-22(25-14-16-27-19-17-26(5-2)18-20-27)24-13-10-15-28(6-3)21-11-8-7-9-12-21;/h7-9,11-12H,4-6,10,13-20H2,1-3H3,(H2,23,24,25);1H. The molecule has 0 aliphatic carbocycles. The largest absolute Gasteiger partial charge is 0.372 e. The maximum Gasteiger partial charge on any atom is 0.191 e. The maximum atomic E-state index is 4.76. The third-order valence-corrected chi connectivity index (χ3v) is 5.34. The lowest BCUT2D eigenvalue weighted by Crippen LogP contribution is -2.49. The number of rotatable bonds is 11.